The molecule has 1 aromatic carbocycles. The zero-order chi connectivity index (χ0) is 11.6. The van der Waals surface area contributed by atoms with E-state index in [-0.39, 0.29) is 5.82 Å². The van der Waals surface area contributed by atoms with E-state index < -0.39 is 0 Å². The first-order valence-electron chi connectivity index (χ1n) is 4.80. The fourth-order valence-electron chi connectivity index (χ4n) is 1.47. The molecule has 1 N–H and O–H groups in total. The number of anilines is 1. The lowest BCUT2D eigenvalue weighted by Gasteiger charge is -2.12. The molecule has 1 aromatic rings. The van der Waals surface area contributed by atoms with Gasteiger partial charge in [-0.15, -0.1) is 0 Å². The minimum atomic E-state index is -0.263. The molecule has 1 nitrogen and oxygen atoms in total. The number of halogens is 1. The second-order valence-corrected chi connectivity index (χ2v) is 3.69. The van der Waals surface area contributed by atoms with Crippen molar-refractivity contribution in [3.8, 4) is 0 Å². The molecule has 0 aliphatic carbocycles. The Bertz CT molecular complexity index is 419. The molecule has 0 saturated heterocycles. The van der Waals surface area contributed by atoms with Crippen LogP contribution in [0, 0.1) is 5.82 Å². The lowest BCUT2D eigenvalue weighted by atomic mass is 9.96. The number of rotatable bonds is 3. The number of benzene rings is 1. The molecule has 0 amide bonds. The largest absolute Gasteiger partial charge is 0.386 e. The summed E-state index contributed by atoms with van der Waals surface area (Å²) in [5, 5.41) is 2.81. The third kappa shape index (κ3) is 2.27. The van der Waals surface area contributed by atoms with Crippen molar-refractivity contribution in [2.24, 2.45) is 0 Å². The van der Waals surface area contributed by atoms with Crippen LogP contribution in [0.2, 0.25) is 0 Å². The van der Waals surface area contributed by atoms with Gasteiger partial charge >= 0.3 is 0 Å². The first-order valence-corrected chi connectivity index (χ1v) is 4.80. The second kappa shape index (κ2) is 4.30. The van der Waals surface area contributed by atoms with Crippen LogP contribution in [0.3, 0.4) is 0 Å². The van der Waals surface area contributed by atoms with Crippen LogP contribution in [0.15, 0.2) is 25.3 Å². The molecule has 0 atom stereocenters. The summed E-state index contributed by atoms with van der Waals surface area (Å²) in [6.07, 6.45) is 0. The van der Waals surface area contributed by atoms with Gasteiger partial charge in [0.15, 0.2) is 0 Å². The van der Waals surface area contributed by atoms with Gasteiger partial charge in [-0.1, -0.05) is 24.3 Å². The predicted octanol–water partition coefficient (Wildman–Crippen LogP) is 3.93. The van der Waals surface area contributed by atoms with E-state index in [0.29, 0.717) is 5.69 Å². The van der Waals surface area contributed by atoms with E-state index in [2.05, 4.69) is 18.5 Å². The van der Waals surface area contributed by atoms with E-state index in [4.69, 9.17) is 0 Å². The Labute approximate surface area is 90.3 Å². The fraction of sp³-hybridized carbons (Fsp3) is 0.231. The zero-order valence-electron chi connectivity index (χ0n) is 9.45. The highest BCUT2D eigenvalue weighted by Gasteiger charge is 2.09. The topological polar surface area (TPSA) is 12.0 Å². The van der Waals surface area contributed by atoms with Crippen molar-refractivity contribution < 1.29 is 4.39 Å². The summed E-state index contributed by atoms with van der Waals surface area (Å²) in [4.78, 5) is 0. The Balaban J connectivity index is 3.45. The molecule has 80 valence electrons. The lowest BCUT2D eigenvalue weighted by Crippen LogP contribution is -1.97. The highest BCUT2D eigenvalue weighted by molar-refractivity contribution is 5.79. The molecule has 0 heterocycles. The van der Waals surface area contributed by atoms with E-state index in [1.807, 2.05) is 13.8 Å². The second-order valence-electron chi connectivity index (χ2n) is 3.69. The van der Waals surface area contributed by atoms with Crippen LogP contribution < -0.4 is 5.32 Å². The molecule has 0 fully saturated rings. The van der Waals surface area contributed by atoms with Crippen LogP contribution in [0.25, 0.3) is 11.1 Å². The Hall–Kier alpha value is -1.57. The van der Waals surface area contributed by atoms with Crippen LogP contribution >= 0.6 is 0 Å². The van der Waals surface area contributed by atoms with Gasteiger partial charge in [-0.2, -0.15) is 0 Å². The van der Waals surface area contributed by atoms with Crippen LogP contribution in [-0.2, 0) is 0 Å². The highest BCUT2D eigenvalue weighted by Crippen LogP contribution is 2.28. The quantitative estimate of drug-likeness (QED) is 0.788. The summed E-state index contributed by atoms with van der Waals surface area (Å²) < 4.78 is 13.5. The zero-order valence-corrected chi connectivity index (χ0v) is 9.45. The summed E-state index contributed by atoms with van der Waals surface area (Å²) in [6, 6.07) is 3.26. The summed E-state index contributed by atoms with van der Waals surface area (Å²) in [5.41, 5.74) is 3.99. The van der Waals surface area contributed by atoms with Gasteiger partial charge < -0.3 is 5.32 Å². The molecule has 2 heteroatoms. The van der Waals surface area contributed by atoms with E-state index in [0.717, 1.165) is 22.3 Å². The van der Waals surface area contributed by atoms with Gasteiger partial charge in [0.25, 0.3) is 0 Å². The average molecular weight is 205 g/mol. The first kappa shape index (κ1) is 11.5. The summed E-state index contributed by atoms with van der Waals surface area (Å²) in [5.74, 6) is -0.263. The molecular weight excluding hydrogens is 189 g/mol. The van der Waals surface area contributed by atoms with E-state index in [9.17, 15) is 4.39 Å². The Morgan fingerprint density at radius 1 is 1.13 bits per heavy atom. The van der Waals surface area contributed by atoms with Crippen LogP contribution in [-0.4, -0.2) is 7.05 Å². The van der Waals surface area contributed by atoms with Crippen molar-refractivity contribution in [1.29, 1.82) is 0 Å². The molecule has 0 aromatic heterocycles. The van der Waals surface area contributed by atoms with Crippen molar-refractivity contribution in [3.05, 3.63) is 42.2 Å². The maximum atomic E-state index is 13.5. The third-order valence-corrected chi connectivity index (χ3v) is 2.30. The van der Waals surface area contributed by atoms with E-state index in [1.54, 1.807) is 13.1 Å². The number of nitrogens with one attached hydrogen (secondary N) is 1. The van der Waals surface area contributed by atoms with Gasteiger partial charge in [0.1, 0.15) is 5.82 Å². The standard InChI is InChI=1S/C13H16FN/c1-8(2)10-6-12(14)13(15-5)7-11(10)9(3)4/h6-7,15H,1,3H2,2,4-5H3. The average Bonchev–Trinajstić information content (AvgIpc) is 2.16. The summed E-state index contributed by atoms with van der Waals surface area (Å²) >= 11 is 0. The minimum Gasteiger partial charge on any atom is -0.386 e. The van der Waals surface area contributed by atoms with Gasteiger partial charge in [0.05, 0.1) is 5.69 Å². The molecular formula is C13H16FN. The minimum absolute atomic E-state index is 0.263. The Kier molecular flexibility index (Phi) is 3.30. The molecule has 0 unspecified atom stereocenters. The summed E-state index contributed by atoms with van der Waals surface area (Å²) in [6.45, 7) is 11.5. The van der Waals surface area contributed by atoms with Crippen molar-refractivity contribution >= 4 is 16.8 Å². The SMILES string of the molecule is C=C(C)c1cc(F)c(NC)cc1C(=C)C. The third-order valence-electron chi connectivity index (χ3n) is 2.30. The molecule has 1 rings (SSSR count). The van der Waals surface area contributed by atoms with Crippen molar-refractivity contribution in [2.45, 2.75) is 13.8 Å². The summed E-state index contributed by atoms with van der Waals surface area (Å²) in [7, 11) is 1.70. The highest BCUT2D eigenvalue weighted by atomic mass is 19.1. The van der Waals surface area contributed by atoms with Crippen LogP contribution in [0.1, 0.15) is 25.0 Å². The normalized spacial score (nSPS) is 9.87. The van der Waals surface area contributed by atoms with Gasteiger partial charge in [-0.3, -0.25) is 0 Å². The molecule has 0 bridgehead atoms. The van der Waals surface area contributed by atoms with Crippen LogP contribution in [0.5, 0.6) is 0 Å². The Morgan fingerprint density at radius 3 is 2.00 bits per heavy atom. The van der Waals surface area contributed by atoms with Gasteiger partial charge in [-0.05, 0) is 37.1 Å². The van der Waals surface area contributed by atoms with E-state index in [1.165, 1.54) is 6.07 Å². The smallest absolute Gasteiger partial charge is 0.146 e. The van der Waals surface area contributed by atoms with Crippen molar-refractivity contribution in [1.82, 2.24) is 0 Å². The number of hydrogen-bond acceptors (Lipinski definition) is 1. The number of hydrogen-bond donors (Lipinski definition) is 1. The van der Waals surface area contributed by atoms with Gasteiger partial charge in [-0.25, -0.2) is 4.39 Å². The molecule has 0 aliphatic rings. The molecule has 15 heavy (non-hydrogen) atoms. The monoisotopic (exact) mass is 205 g/mol. The molecule has 0 saturated carbocycles. The van der Waals surface area contributed by atoms with Crippen molar-refractivity contribution in [2.75, 3.05) is 12.4 Å². The number of allylic oxidation sites excluding steroid dienone is 2. The van der Waals surface area contributed by atoms with E-state index >= 15 is 0 Å². The maximum absolute atomic E-state index is 13.5. The van der Waals surface area contributed by atoms with Crippen LogP contribution in [0.4, 0.5) is 10.1 Å². The molecule has 0 aliphatic heterocycles. The van der Waals surface area contributed by atoms with Gasteiger partial charge in [0.2, 0.25) is 0 Å². The first-order chi connectivity index (χ1) is 6.97. The fourth-order valence-corrected chi connectivity index (χ4v) is 1.47. The predicted molar refractivity (Wildman–Crippen MR) is 65.4 cm³/mol. The Morgan fingerprint density at radius 2 is 1.60 bits per heavy atom. The molecule has 0 radical (unpaired) electrons. The lowest BCUT2D eigenvalue weighted by molar-refractivity contribution is 0.630. The van der Waals surface area contributed by atoms with Crippen molar-refractivity contribution in [3.63, 3.8) is 0 Å². The van der Waals surface area contributed by atoms with Gasteiger partial charge in [0, 0.05) is 7.05 Å². The maximum Gasteiger partial charge on any atom is 0.146 e. The molecule has 0 spiro atoms.